The molecule has 0 aromatic heterocycles. The van der Waals surface area contributed by atoms with Crippen LogP contribution in [0, 0.1) is 12.8 Å². The topological polar surface area (TPSA) is 29.5 Å². The van der Waals surface area contributed by atoms with Crippen LogP contribution >= 0.6 is 0 Å². The number of hydrogen-bond acceptors (Lipinski definition) is 3. The summed E-state index contributed by atoms with van der Waals surface area (Å²) in [6.45, 7) is 17.2. The highest BCUT2D eigenvalue weighted by Gasteiger charge is 2.27. The molecule has 0 N–H and O–H groups in total. The molecule has 1 aliphatic carbocycles. The molecule has 33 heavy (non-hydrogen) atoms. The molecule has 1 saturated heterocycles. The van der Waals surface area contributed by atoms with Gasteiger partial charge in [0.05, 0.1) is 12.7 Å². The molecule has 2 fully saturated rings. The molecule has 1 aliphatic heterocycles. The van der Waals surface area contributed by atoms with E-state index in [1.54, 1.807) is 0 Å². The highest BCUT2D eigenvalue weighted by Crippen LogP contribution is 2.26. The molecule has 0 amide bonds. The minimum absolute atomic E-state index is 0.442. The molecule has 2 aliphatic rings. The number of terminal acetylenes is 1. The van der Waals surface area contributed by atoms with Gasteiger partial charge in [-0.25, -0.2) is 0 Å². The fourth-order valence-electron chi connectivity index (χ4n) is 4.25. The van der Waals surface area contributed by atoms with Crippen LogP contribution < -0.4 is 0 Å². The second-order valence-corrected chi connectivity index (χ2v) is 7.93. The molecule has 3 heteroatoms. The Morgan fingerprint density at radius 1 is 1.00 bits per heavy atom. The van der Waals surface area contributed by atoms with E-state index in [0.717, 1.165) is 25.4 Å². The van der Waals surface area contributed by atoms with Crippen molar-refractivity contribution in [1.29, 1.82) is 0 Å². The molecule has 0 unspecified atom stereocenters. The largest absolute Gasteiger partial charge is 0.374 e. The third-order valence-electron chi connectivity index (χ3n) is 5.99. The van der Waals surface area contributed by atoms with Crippen molar-refractivity contribution in [3.05, 3.63) is 47.1 Å². The SMILES string of the molecule is C#C.CC.CC=O.C\C=C(/C=C(C)/C(/C=C\COC1CCN(C2CCCC2)CC1)=C/C)CC. The fourth-order valence-corrected chi connectivity index (χ4v) is 4.25. The fraction of sp³-hybridized carbons (Fsp3) is 0.633. The first kappa shape index (κ1) is 33.3. The summed E-state index contributed by atoms with van der Waals surface area (Å²) < 4.78 is 6.12. The van der Waals surface area contributed by atoms with Gasteiger partial charge in [0.1, 0.15) is 6.29 Å². The van der Waals surface area contributed by atoms with Crippen molar-refractivity contribution in [2.45, 2.75) is 106 Å². The molecule has 3 nitrogen and oxygen atoms in total. The number of aldehydes is 1. The van der Waals surface area contributed by atoms with E-state index >= 15 is 0 Å². The second kappa shape index (κ2) is 23.3. The number of rotatable bonds is 8. The van der Waals surface area contributed by atoms with Crippen molar-refractivity contribution in [1.82, 2.24) is 4.90 Å². The average molecular weight is 458 g/mol. The van der Waals surface area contributed by atoms with Gasteiger partial charge in [-0.3, -0.25) is 0 Å². The Morgan fingerprint density at radius 2 is 1.55 bits per heavy atom. The molecule has 0 aromatic rings. The van der Waals surface area contributed by atoms with Crippen LogP contribution in [0.5, 0.6) is 0 Å². The minimum atomic E-state index is 0.442. The van der Waals surface area contributed by atoms with E-state index in [1.807, 2.05) is 13.8 Å². The summed E-state index contributed by atoms with van der Waals surface area (Å²) in [6.07, 6.45) is 29.4. The summed E-state index contributed by atoms with van der Waals surface area (Å²) in [5, 5.41) is 0. The molecular formula is C30H51NO2. The first-order valence-electron chi connectivity index (χ1n) is 12.8. The number of allylic oxidation sites excluding steroid dienone is 7. The molecule has 1 heterocycles. The molecule has 0 radical (unpaired) electrons. The molecule has 188 valence electrons. The molecule has 2 rings (SSSR count). The van der Waals surface area contributed by atoms with Crippen molar-refractivity contribution in [2.24, 2.45) is 0 Å². The molecule has 1 saturated carbocycles. The summed E-state index contributed by atoms with van der Waals surface area (Å²) in [6, 6.07) is 0.869. The lowest BCUT2D eigenvalue weighted by Crippen LogP contribution is -2.42. The van der Waals surface area contributed by atoms with Gasteiger partial charge in [0.2, 0.25) is 0 Å². The Balaban J connectivity index is 0. The standard InChI is InChI=1S/C24H39NO.C2H4O.C2H6.C2H2/c1-5-21(6-2)19-20(4)22(7-3)11-10-18-26-24-14-16-25(17-15-24)23-12-8-9-13-23;1-2-3;2*1-2/h5,7,10-11,19,23-24H,6,8-9,12-18H2,1-4H3;2H,1H3;1-2H3;1-2H/b11-10-,20-19+,21-5-,22-7+;;;. The average Bonchev–Trinajstić information content (AvgIpc) is 3.41. The number of hydrogen-bond donors (Lipinski definition) is 0. The Kier molecular flexibility index (Phi) is 23.5. The Bertz CT molecular complexity index is 610. The van der Waals surface area contributed by atoms with Gasteiger partial charge in [0, 0.05) is 19.1 Å². The number of likely N-dealkylation sites (tertiary alicyclic amines) is 1. The molecular weight excluding hydrogens is 406 g/mol. The first-order chi connectivity index (χ1) is 16.1. The summed E-state index contributed by atoms with van der Waals surface area (Å²) in [5.74, 6) is 0. The monoisotopic (exact) mass is 457 g/mol. The Hall–Kier alpha value is -1.89. The van der Waals surface area contributed by atoms with Gasteiger partial charge >= 0.3 is 0 Å². The van der Waals surface area contributed by atoms with Crippen molar-refractivity contribution in [3.63, 3.8) is 0 Å². The number of carbonyl (C=O) groups excluding carboxylic acids is 1. The highest BCUT2D eigenvalue weighted by molar-refractivity contribution is 5.44. The number of nitrogens with zero attached hydrogens (tertiary/aromatic N) is 1. The number of piperidine rings is 1. The van der Waals surface area contributed by atoms with E-state index in [0.29, 0.717) is 6.10 Å². The van der Waals surface area contributed by atoms with Gasteiger partial charge < -0.3 is 14.4 Å². The van der Waals surface area contributed by atoms with Crippen LogP contribution in [0.15, 0.2) is 47.1 Å². The van der Waals surface area contributed by atoms with Gasteiger partial charge in [0.15, 0.2) is 0 Å². The van der Waals surface area contributed by atoms with Gasteiger partial charge in [-0.05, 0) is 70.9 Å². The predicted octanol–water partition coefficient (Wildman–Crippen LogP) is 7.70. The highest BCUT2D eigenvalue weighted by atomic mass is 16.5. The lowest BCUT2D eigenvalue weighted by Gasteiger charge is -2.35. The van der Waals surface area contributed by atoms with E-state index in [1.165, 1.54) is 75.3 Å². The zero-order chi connectivity index (χ0) is 25.5. The van der Waals surface area contributed by atoms with E-state index in [-0.39, 0.29) is 0 Å². The predicted molar refractivity (Wildman–Crippen MR) is 146 cm³/mol. The maximum absolute atomic E-state index is 8.81. The smallest absolute Gasteiger partial charge is 0.116 e. The van der Waals surface area contributed by atoms with Crippen molar-refractivity contribution in [3.8, 4) is 12.8 Å². The zero-order valence-electron chi connectivity index (χ0n) is 22.6. The molecule has 0 spiro atoms. The van der Waals surface area contributed by atoms with Crippen molar-refractivity contribution in [2.75, 3.05) is 19.7 Å². The van der Waals surface area contributed by atoms with Crippen LogP contribution in [0.3, 0.4) is 0 Å². The summed E-state index contributed by atoms with van der Waals surface area (Å²) in [7, 11) is 0. The molecule has 0 aromatic carbocycles. The van der Waals surface area contributed by atoms with Crippen LogP contribution in [0.1, 0.15) is 93.4 Å². The van der Waals surface area contributed by atoms with Crippen LogP contribution in [-0.4, -0.2) is 43.0 Å². The number of carbonyl (C=O) groups is 1. The molecule has 0 atom stereocenters. The summed E-state index contributed by atoms with van der Waals surface area (Å²) in [5.41, 5.74) is 4.00. The summed E-state index contributed by atoms with van der Waals surface area (Å²) >= 11 is 0. The van der Waals surface area contributed by atoms with E-state index in [4.69, 9.17) is 9.53 Å². The van der Waals surface area contributed by atoms with Crippen LogP contribution in [-0.2, 0) is 9.53 Å². The maximum Gasteiger partial charge on any atom is 0.116 e. The Morgan fingerprint density at radius 3 is 2.00 bits per heavy atom. The van der Waals surface area contributed by atoms with E-state index in [9.17, 15) is 0 Å². The van der Waals surface area contributed by atoms with Gasteiger partial charge in [-0.15, -0.1) is 12.8 Å². The normalized spacial score (nSPS) is 18.5. The van der Waals surface area contributed by atoms with Crippen molar-refractivity contribution < 1.29 is 9.53 Å². The van der Waals surface area contributed by atoms with Gasteiger partial charge in [0.25, 0.3) is 0 Å². The van der Waals surface area contributed by atoms with E-state index in [2.05, 4.69) is 75.8 Å². The summed E-state index contributed by atoms with van der Waals surface area (Å²) in [4.78, 5) is 11.5. The third kappa shape index (κ3) is 14.8. The van der Waals surface area contributed by atoms with Crippen LogP contribution in [0.2, 0.25) is 0 Å². The molecule has 0 bridgehead atoms. The zero-order valence-corrected chi connectivity index (χ0v) is 22.6. The van der Waals surface area contributed by atoms with Crippen molar-refractivity contribution >= 4 is 6.29 Å². The minimum Gasteiger partial charge on any atom is -0.374 e. The van der Waals surface area contributed by atoms with Crippen LogP contribution in [0.25, 0.3) is 0 Å². The Labute approximate surface area is 206 Å². The maximum atomic E-state index is 8.81. The van der Waals surface area contributed by atoms with Crippen LogP contribution in [0.4, 0.5) is 0 Å². The third-order valence-corrected chi connectivity index (χ3v) is 5.99. The number of ether oxygens (including phenoxy) is 1. The second-order valence-electron chi connectivity index (χ2n) is 7.93. The first-order valence-corrected chi connectivity index (χ1v) is 12.8. The lowest BCUT2D eigenvalue weighted by molar-refractivity contribution is -0.106. The lowest BCUT2D eigenvalue weighted by atomic mass is 10.0. The van der Waals surface area contributed by atoms with Gasteiger partial charge in [-0.2, -0.15) is 0 Å². The quantitative estimate of drug-likeness (QED) is 0.212. The van der Waals surface area contributed by atoms with E-state index < -0.39 is 0 Å². The van der Waals surface area contributed by atoms with Gasteiger partial charge in [-0.1, -0.05) is 69.6 Å².